The lowest BCUT2D eigenvalue weighted by atomic mass is 10.3. The minimum atomic E-state index is 0.634. The van der Waals surface area contributed by atoms with Crippen molar-refractivity contribution in [1.29, 1.82) is 0 Å². The van der Waals surface area contributed by atoms with Crippen molar-refractivity contribution < 1.29 is 4.42 Å². The van der Waals surface area contributed by atoms with Crippen LogP contribution in [-0.2, 0) is 6.42 Å². The summed E-state index contributed by atoms with van der Waals surface area (Å²) in [5.74, 6) is 0.708. The molecule has 0 atom stereocenters. The summed E-state index contributed by atoms with van der Waals surface area (Å²) in [6, 6.07) is 13.6. The maximum atomic E-state index is 5.62. The quantitative estimate of drug-likeness (QED) is 0.652. The van der Waals surface area contributed by atoms with Crippen molar-refractivity contribution in [2.75, 3.05) is 0 Å². The largest absolute Gasteiger partial charge is 0.440 e. The second-order valence-electron chi connectivity index (χ2n) is 3.57. The highest BCUT2D eigenvalue weighted by atomic mass is 16.3. The predicted molar refractivity (Wildman–Crippen MR) is 61.1 cm³/mol. The molecule has 3 nitrogen and oxygen atoms in total. The van der Waals surface area contributed by atoms with Crippen molar-refractivity contribution in [3.63, 3.8) is 0 Å². The zero-order chi connectivity index (χ0) is 10.8. The van der Waals surface area contributed by atoms with Gasteiger partial charge in [-0.1, -0.05) is 18.2 Å². The number of rotatable bonds is 2. The van der Waals surface area contributed by atoms with Crippen LogP contribution in [0.1, 0.15) is 11.6 Å². The van der Waals surface area contributed by atoms with Gasteiger partial charge in [-0.3, -0.25) is 4.98 Å². The lowest BCUT2D eigenvalue weighted by Gasteiger charge is -1.93. The molecule has 3 aromatic rings. The number of pyridine rings is 1. The topological polar surface area (TPSA) is 38.9 Å². The number of oxazole rings is 1. The Bertz CT molecular complexity index is 568. The second-order valence-corrected chi connectivity index (χ2v) is 3.57. The number of hydrogen-bond donors (Lipinski definition) is 0. The van der Waals surface area contributed by atoms with Crippen molar-refractivity contribution in [2.24, 2.45) is 0 Å². The average Bonchev–Trinajstić information content (AvgIpc) is 2.72. The van der Waals surface area contributed by atoms with E-state index in [1.807, 2.05) is 42.5 Å². The highest BCUT2D eigenvalue weighted by Crippen LogP contribution is 2.16. The van der Waals surface area contributed by atoms with Gasteiger partial charge in [-0.2, -0.15) is 0 Å². The Morgan fingerprint density at radius 3 is 2.69 bits per heavy atom. The van der Waals surface area contributed by atoms with Crippen LogP contribution >= 0.6 is 0 Å². The van der Waals surface area contributed by atoms with E-state index in [1.165, 1.54) is 0 Å². The van der Waals surface area contributed by atoms with E-state index in [4.69, 9.17) is 4.42 Å². The Morgan fingerprint density at radius 2 is 1.88 bits per heavy atom. The van der Waals surface area contributed by atoms with Gasteiger partial charge in [-0.15, -0.1) is 0 Å². The molecule has 0 fully saturated rings. The summed E-state index contributed by atoms with van der Waals surface area (Å²) in [5.41, 5.74) is 2.69. The fourth-order valence-electron chi connectivity index (χ4n) is 1.65. The van der Waals surface area contributed by atoms with E-state index >= 15 is 0 Å². The summed E-state index contributed by atoms with van der Waals surface area (Å²) in [4.78, 5) is 8.65. The summed E-state index contributed by atoms with van der Waals surface area (Å²) >= 11 is 0. The first-order valence-electron chi connectivity index (χ1n) is 5.16. The lowest BCUT2D eigenvalue weighted by molar-refractivity contribution is 0.542. The zero-order valence-electron chi connectivity index (χ0n) is 8.63. The first kappa shape index (κ1) is 9.09. The molecule has 0 aliphatic rings. The summed E-state index contributed by atoms with van der Waals surface area (Å²) in [5, 5.41) is 0. The minimum absolute atomic E-state index is 0.634. The highest BCUT2D eigenvalue weighted by molar-refractivity contribution is 5.72. The smallest absolute Gasteiger partial charge is 0.201 e. The van der Waals surface area contributed by atoms with Gasteiger partial charge >= 0.3 is 0 Å². The number of para-hydroxylation sites is 2. The molecule has 0 spiro atoms. The minimum Gasteiger partial charge on any atom is -0.440 e. The maximum absolute atomic E-state index is 5.62. The van der Waals surface area contributed by atoms with E-state index in [0.717, 1.165) is 16.8 Å². The lowest BCUT2D eigenvalue weighted by Crippen LogP contribution is -1.90. The van der Waals surface area contributed by atoms with Crippen LogP contribution in [0, 0.1) is 0 Å². The molecule has 0 amide bonds. The average molecular weight is 210 g/mol. The molecule has 78 valence electrons. The Labute approximate surface area is 92.8 Å². The van der Waals surface area contributed by atoms with Gasteiger partial charge in [0.2, 0.25) is 5.89 Å². The number of hydrogen-bond acceptors (Lipinski definition) is 3. The van der Waals surface area contributed by atoms with Crippen molar-refractivity contribution in [3.05, 3.63) is 60.2 Å². The molecular weight excluding hydrogens is 200 g/mol. The number of fused-ring (bicyclic) bond motifs is 1. The highest BCUT2D eigenvalue weighted by Gasteiger charge is 2.05. The molecule has 16 heavy (non-hydrogen) atoms. The van der Waals surface area contributed by atoms with E-state index in [-0.39, 0.29) is 0 Å². The summed E-state index contributed by atoms with van der Waals surface area (Å²) in [6.45, 7) is 0. The van der Waals surface area contributed by atoms with Crippen LogP contribution in [0.15, 0.2) is 53.1 Å². The monoisotopic (exact) mass is 210 g/mol. The van der Waals surface area contributed by atoms with Crippen LogP contribution < -0.4 is 0 Å². The van der Waals surface area contributed by atoms with Crippen LogP contribution in [0.3, 0.4) is 0 Å². The molecule has 3 rings (SSSR count). The number of aromatic nitrogens is 2. The molecule has 0 N–H and O–H groups in total. The van der Waals surface area contributed by atoms with Gasteiger partial charge in [-0.25, -0.2) is 4.98 Å². The fraction of sp³-hybridized carbons (Fsp3) is 0.0769. The molecule has 0 radical (unpaired) electrons. The van der Waals surface area contributed by atoms with Crippen molar-refractivity contribution in [3.8, 4) is 0 Å². The van der Waals surface area contributed by atoms with Crippen molar-refractivity contribution in [1.82, 2.24) is 9.97 Å². The number of nitrogens with zero attached hydrogens (tertiary/aromatic N) is 2. The van der Waals surface area contributed by atoms with Gasteiger partial charge in [0.15, 0.2) is 5.58 Å². The molecule has 0 aliphatic heterocycles. The number of benzene rings is 1. The summed E-state index contributed by atoms with van der Waals surface area (Å²) < 4.78 is 5.62. The summed E-state index contributed by atoms with van der Waals surface area (Å²) in [6.07, 6.45) is 2.41. The van der Waals surface area contributed by atoms with Gasteiger partial charge < -0.3 is 4.42 Å². The summed E-state index contributed by atoms with van der Waals surface area (Å²) in [7, 11) is 0. The molecule has 3 heteroatoms. The third kappa shape index (κ3) is 1.67. The van der Waals surface area contributed by atoms with Crippen LogP contribution in [0.2, 0.25) is 0 Å². The third-order valence-electron chi connectivity index (χ3n) is 2.40. The van der Waals surface area contributed by atoms with Crippen molar-refractivity contribution in [2.45, 2.75) is 6.42 Å². The Balaban J connectivity index is 1.95. The Morgan fingerprint density at radius 1 is 1.00 bits per heavy atom. The van der Waals surface area contributed by atoms with E-state index < -0.39 is 0 Å². The standard InChI is InChI=1S/C13H10N2O/c1-2-7-12-11(6-1)15-13(16-12)9-10-5-3-4-8-14-10/h1-8H,9H2. The van der Waals surface area contributed by atoms with Gasteiger partial charge in [-0.05, 0) is 24.3 Å². The molecule has 0 saturated carbocycles. The van der Waals surface area contributed by atoms with E-state index in [0.29, 0.717) is 12.3 Å². The molecule has 0 saturated heterocycles. The van der Waals surface area contributed by atoms with Crippen LogP contribution in [0.4, 0.5) is 0 Å². The molecule has 0 bridgehead atoms. The van der Waals surface area contributed by atoms with E-state index in [9.17, 15) is 0 Å². The van der Waals surface area contributed by atoms with Gasteiger partial charge in [0.25, 0.3) is 0 Å². The van der Waals surface area contributed by atoms with Crippen molar-refractivity contribution >= 4 is 11.1 Å². The molecular formula is C13H10N2O. The Hall–Kier alpha value is -2.16. The normalized spacial score (nSPS) is 10.8. The predicted octanol–water partition coefficient (Wildman–Crippen LogP) is 2.81. The molecule has 0 unspecified atom stereocenters. The first-order valence-corrected chi connectivity index (χ1v) is 5.16. The zero-order valence-corrected chi connectivity index (χ0v) is 8.63. The van der Waals surface area contributed by atoms with Gasteiger partial charge in [0.05, 0.1) is 6.42 Å². The SMILES string of the molecule is c1ccc(Cc2nc3ccccc3o2)nc1. The molecule has 0 aliphatic carbocycles. The maximum Gasteiger partial charge on any atom is 0.201 e. The first-order chi connectivity index (χ1) is 7.92. The van der Waals surface area contributed by atoms with Crippen LogP contribution in [0.25, 0.3) is 11.1 Å². The van der Waals surface area contributed by atoms with Gasteiger partial charge in [0, 0.05) is 11.9 Å². The second kappa shape index (κ2) is 3.77. The van der Waals surface area contributed by atoms with Crippen LogP contribution in [0.5, 0.6) is 0 Å². The van der Waals surface area contributed by atoms with E-state index in [1.54, 1.807) is 6.20 Å². The fourth-order valence-corrected chi connectivity index (χ4v) is 1.65. The Kier molecular flexibility index (Phi) is 2.14. The third-order valence-corrected chi connectivity index (χ3v) is 2.40. The van der Waals surface area contributed by atoms with Crippen LogP contribution in [-0.4, -0.2) is 9.97 Å². The van der Waals surface area contributed by atoms with E-state index in [2.05, 4.69) is 9.97 Å². The molecule has 1 aromatic carbocycles. The molecule has 2 aromatic heterocycles. The molecule has 2 heterocycles. The van der Waals surface area contributed by atoms with Gasteiger partial charge in [0.1, 0.15) is 5.52 Å².